The highest BCUT2D eigenvalue weighted by molar-refractivity contribution is 7.89. The van der Waals surface area contributed by atoms with Gasteiger partial charge in [-0.05, 0) is 30.5 Å². The lowest BCUT2D eigenvalue weighted by Crippen LogP contribution is -2.27. The van der Waals surface area contributed by atoms with Gasteiger partial charge in [-0.15, -0.1) is 0 Å². The minimum Gasteiger partial charge on any atom is -0.380 e. The Kier molecular flexibility index (Phi) is 7.12. The molecule has 1 N–H and O–H groups in total. The second-order valence-electron chi connectivity index (χ2n) is 4.95. The lowest BCUT2D eigenvalue weighted by molar-refractivity contribution is 0.128. The molecule has 1 rings (SSSR count). The van der Waals surface area contributed by atoms with Crippen molar-refractivity contribution in [3.05, 3.63) is 28.8 Å². The molecule has 0 unspecified atom stereocenters. The van der Waals surface area contributed by atoms with Gasteiger partial charge in [0.05, 0.1) is 22.1 Å². The maximum Gasteiger partial charge on any atom is 0.240 e. The monoisotopic (exact) mass is 330 g/mol. The standard InChI is InChI=1S/C14H19ClN2O3S/c1-11(2)5-7-20-8-6-17-21(18,19)13-4-3-12(10-16)14(15)9-13/h3-4,9,11,17H,5-8H2,1-2H3. The first-order valence-electron chi connectivity index (χ1n) is 6.64. The molecule has 116 valence electrons. The predicted octanol–water partition coefficient (Wildman–Crippen LogP) is 2.55. The summed E-state index contributed by atoms with van der Waals surface area (Å²) in [6.07, 6.45) is 0.942. The van der Waals surface area contributed by atoms with Gasteiger partial charge < -0.3 is 4.74 Å². The number of nitriles is 1. The number of hydrogen-bond acceptors (Lipinski definition) is 4. The van der Waals surface area contributed by atoms with Crippen molar-refractivity contribution in [3.63, 3.8) is 0 Å². The van der Waals surface area contributed by atoms with Crippen molar-refractivity contribution in [2.24, 2.45) is 5.92 Å². The van der Waals surface area contributed by atoms with E-state index in [0.29, 0.717) is 19.1 Å². The van der Waals surface area contributed by atoms with E-state index in [1.807, 2.05) is 6.07 Å². The van der Waals surface area contributed by atoms with Crippen molar-refractivity contribution in [2.75, 3.05) is 19.8 Å². The van der Waals surface area contributed by atoms with Crippen LogP contribution in [0.4, 0.5) is 0 Å². The fourth-order valence-corrected chi connectivity index (χ4v) is 2.83. The average molecular weight is 331 g/mol. The third-order valence-electron chi connectivity index (χ3n) is 2.75. The Morgan fingerprint density at radius 2 is 2.10 bits per heavy atom. The van der Waals surface area contributed by atoms with E-state index in [9.17, 15) is 8.42 Å². The highest BCUT2D eigenvalue weighted by atomic mass is 35.5. The Labute approximate surface area is 130 Å². The number of nitrogens with zero attached hydrogens (tertiary/aromatic N) is 1. The molecule has 0 aliphatic carbocycles. The average Bonchev–Trinajstić information content (AvgIpc) is 2.42. The second kappa shape index (κ2) is 8.35. The number of halogens is 1. The Bertz CT molecular complexity index is 609. The van der Waals surface area contributed by atoms with Crippen LogP contribution >= 0.6 is 11.6 Å². The Hall–Kier alpha value is -1.13. The van der Waals surface area contributed by atoms with Crippen LogP contribution in [0.3, 0.4) is 0 Å². The van der Waals surface area contributed by atoms with Gasteiger partial charge in [0.2, 0.25) is 10.0 Å². The van der Waals surface area contributed by atoms with E-state index in [1.165, 1.54) is 18.2 Å². The van der Waals surface area contributed by atoms with Crippen molar-refractivity contribution in [3.8, 4) is 6.07 Å². The zero-order chi connectivity index (χ0) is 15.9. The molecular weight excluding hydrogens is 312 g/mol. The highest BCUT2D eigenvalue weighted by Crippen LogP contribution is 2.19. The first-order chi connectivity index (χ1) is 9.86. The molecule has 0 spiro atoms. The van der Waals surface area contributed by atoms with Crippen LogP contribution in [-0.4, -0.2) is 28.2 Å². The molecule has 7 heteroatoms. The van der Waals surface area contributed by atoms with Gasteiger partial charge in [-0.25, -0.2) is 13.1 Å². The van der Waals surface area contributed by atoms with Crippen molar-refractivity contribution in [2.45, 2.75) is 25.2 Å². The van der Waals surface area contributed by atoms with Crippen LogP contribution in [0.15, 0.2) is 23.1 Å². The molecule has 0 fully saturated rings. The quantitative estimate of drug-likeness (QED) is 0.743. The van der Waals surface area contributed by atoms with Gasteiger partial charge in [-0.3, -0.25) is 0 Å². The molecule has 0 aromatic heterocycles. The van der Waals surface area contributed by atoms with Gasteiger partial charge >= 0.3 is 0 Å². The summed E-state index contributed by atoms with van der Waals surface area (Å²) in [5.74, 6) is 0.558. The SMILES string of the molecule is CC(C)CCOCCNS(=O)(=O)c1ccc(C#N)c(Cl)c1. The molecule has 0 amide bonds. The van der Waals surface area contributed by atoms with Gasteiger partial charge in [0.1, 0.15) is 6.07 Å². The van der Waals surface area contributed by atoms with Crippen LogP contribution in [0.1, 0.15) is 25.8 Å². The number of hydrogen-bond donors (Lipinski definition) is 1. The Morgan fingerprint density at radius 3 is 2.67 bits per heavy atom. The maximum atomic E-state index is 12.0. The summed E-state index contributed by atoms with van der Waals surface area (Å²) < 4.78 is 31.8. The second-order valence-corrected chi connectivity index (χ2v) is 7.12. The van der Waals surface area contributed by atoms with Gasteiger partial charge in [-0.1, -0.05) is 25.4 Å². The van der Waals surface area contributed by atoms with E-state index >= 15 is 0 Å². The van der Waals surface area contributed by atoms with Crippen LogP contribution in [0, 0.1) is 17.2 Å². The lowest BCUT2D eigenvalue weighted by atomic mass is 10.1. The summed E-state index contributed by atoms with van der Waals surface area (Å²) in [6, 6.07) is 5.89. The van der Waals surface area contributed by atoms with Crippen molar-refractivity contribution >= 4 is 21.6 Å². The molecule has 0 saturated heterocycles. The van der Waals surface area contributed by atoms with Gasteiger partial charge in [0, 0.05) is 13.2 Å². The van der Waals surface area contributed by atoms with Crippen LogP contribution < -0.4 is 4.72 Å². The smallest absolute Gasteiger partial charge is 0.240 e. The highest BCUT2D eigenvalue weighted by Gasteiger charge is 2.15. The molecule has 0 atom stereocenters. The first kappa shape index (κ1) is 17.9. The molecule has 1 aromatic rings. The number of ether oxygens (including phenoxy) is 1. The summed E-state index contributed by atoms with van der Waals surface area (Å²) in [5, 5.41) is 8.88. The predicted molar refractivity (Wildman–Crippen MR) is 81.6 cm³/mol. The van der Waals surface area contributed by atoms with E-state index in [2.05, 4.69) is 18.6 Å². The van der Waals surface area contributed by atoms with E-state index in [-0.39, 0.29) is 22.0 Å². The number of rotatable bonds is 8. The molecule has 0 heterocycles. The van der Waals surface area contributed by atoms with Crippen molar-refractivity contribution < 1.29 is 13.2 Å². The summed E-state index contributed by atoms with van der Waals surface area (Å²) >= 11 is 5.83. The molecular formula is C14H19ClN2O3S. The van der Waals surface area contributed by atoms with E-state index in [1.54, 1.807) is 0 Å². The molecule has 0 radical (unpaired) electrons. The summed E-state index contributed by atoms with van der Waals surface area (Å²) in [7, 11) is -3.64. The largest absolute Gasteiger partial charge is 0.380 e. The van der Waals surface area contributed by atoms with Crippen molar-refractivity contribution in [1.82, 2.24) is 4.72 Å². The van der Waals surface area contributed by atoms with Gasteiger partial charge in [-0.2, -0.15) is 5.26 Å². The summed E-state index contributed by atoms with van der Waals surface area (Å²) in [4.78, 5) is 0.0358. The van der Waals surface area contributed by atoms with Gasteiger partial charge in [0.25, 0.3) is 0 Å². The fourth-order valence-electron chi connectivity index (χ4n) is 1.51. The summed E-state index contributed by atoms with van der Waals surface area (Å²) in [5.41, 5.74) is 0.243. The molecule has 1 aromatic carbocycles. The minimum absolute atomic E-state index is 0.0358. The Balaban J connectivity index is 2.51. The number of benzene rings is 1. The fraction of sp³-hybridized carbons (Fsp3) is 0.500. The first-order valence-corrected chi connectivity index (χ1v) is 8.50. The van der Waals surface area contributed by atoms with Gasteiger partial charge in [0.15, 0.2) is 0 Å². The molecule has 0 aliphatic heterocycles. The molecule has 0 aliphatic rings. The zero-order valence-corrected chi connectivity index (χ0v) is 13.7. The van der Waals surface area contributed by atoms with Crippen LogP contribution in [0.5, 0.6) is 0 Å². The van der Waals surface area contributed by atoms with Crippen LogP contribution in [0.2, 0.25) is 5.02 Å². The summed E-state index contributed by atoms with van der Waals surface area (Å²) in [6.45, 7) is 5.32. The van der Waals surface area contributed by atoms with E-state index < -0.39 is 10.0 Å². The number of nitrogens with one attached hydrogen (secondary N) is 1. The molecule has 0 saturated carbocycles. The third-order valence-corrected chi connectivity index (χ3v) is 4.52. The molecule has 0 bridgehead atoms. The maximum absolute atomic E-state index is 12.0. The van der Waals surface area contributed by atoms with Crippen LogP contribution in [-0.2, 0) is 14.8 Å². The third kappa shape index (κ3) is 6.02. The van der Waals surface area contributed by atoms with Crippen LogP contribution in [0.25, 0.3) is 0 Å². The van der Waals surface area contributed by atoms with E-state index in [0.717, 1.165) is 6.42 Å². The van der Waals surface area contributed by atoms with Crippen molar-refractivity contribution in [1.29, 1.82) is 5.26 Å². The topological polar surface area (TPSA) is 79.2 Å². The zero-order valence-electron chi connectivity index (χ0n) is 12.1. The lowest BCUT2D eigenvalue weighted by Gasteiger charge is -2.09. The minimum atomic E-state index is -3.64. The molecule has 21 heavy (non-hydrogen) atoms. The Morgan fingerprint density at radius 1 is 1.38 bits per heavy atom. The molecule has 5 nitrogen and oxygen atoms in total. The van der Waals surface area contributed by atoms with E-state index in [4.69, 9.17) is 21.6 Å². The number of sulfonamides is 1. The normalized spacial score (nSPS) is 11.6.